The van der Waals surface area contributed by atoms with Crippen molar-refractivity contribution in [3.05, 3.63) is 128 Å². The third kappa shape index (κ3) is 14.8. The summed E-state index contributed by atoms with van der Waals surface area (Å²) in [5.41, 5.74) is 8.65. The van der Waals surface area contributed by atoms with Gasteiger partial charge in [-0.1, -0.05) is 68.8 Å². The highest BCUT2D eigenvalue weighted by Crippen LogP contribution is 2.40. The highest BCUT2D eigenvalue weighted by atomic mass is 35.5. The Balaban J connectivity index is 0.668. The zero-order chi connectivity index (χ0) is 55.3. The normalized spacial score (nSPS) is 15.5. The van der Waals surface area contributed by atoms with Crippen LogP contribution in [0.2, 0.25) is 5.02 Å². The molecule has 3 atom stereocenters. The van der Waals surface area contributed by atoms with Gasteiger partial charge in [0.25, 0.3) is 0 Å². The van der Waals surface area contributed by atoms with Crippen molar-refractivity contribution in [2.75, 3.05) is 71.3 Å². The van der Waals surface area contributed by atoms with Crippen LogP contribution in [0.25, 0.3) is 15.4 Å². The molecule has 5 heterocycles. The lowest BCUT2D eigenvalue weighted by Gasteiger charge is -2.35. The first-order valence-electron chi connectivity index (χ1n) is 26.1. The average Bonchev–Trinajstić information content (AvgIpc) is 4.32. The van der Waals surface area contributed by atoms with Crippen LogP contribution in [0, 0.1) is 33.1 Å². The van der Waals surface area contributed by atoms with Gasteiger partial charge >= 0.3 is 0 Å². The minimum absolute atomic E-state index is 0.0512. The van der Waals surface area contributed by atoms with E-state index in [2.05, 4.69) is 45.0 Å². The molecule has 3 aromatic heterocycles. The van der Waals surface area contributed by atoms with Gasteiger partial charge in [-0.3, -0.25) is 28.7 Å². The number of thiazole rings is 1. The number of benzene rings is 3. The fraction of sp³-hybridized carbons (Fsp3) is 0.439. The Labute approximate surface area is 468 Å². The third-order valence-corrected chi connectivity index (χ3v) is 15.8. The van der Waals surface area contributed by atoms with Crippen LogP contribution in [0.5, 0.6) is 5.75 Å². The maximum atomic E-state index is 13.9. The molecule has 6 aromatic rings. The van der Waals surface area contributed by atoms with E-state index in [-0.39, 0.29) is 44.0 Å². The second kappa shape index (κ2) is 27.0. The van der Waals surface area contributed by atoms with E-state index in [1.165, 1.54) is 4.88 Å². The van der Waals surface area contributed by atoms with Crippen LogP contribution >= 0.6 is 34.3 Å². The van der Waals surface area contributed by atoms with Gasteiger partial charge in [-0.2, -0.15) is 0 Å². The minimum Gasteiger partial charge on any atom is -0.491 e. The molecule has 0 radical (unpaired) electrons. The van der Waals surface area contributed by atoms with Crippen molar-refractivity contribution in [3.8, 4) is 21.2 Å². The Morgan fingerprint density at radius 3 is 2.10 bits per heavy atom. The molecule has 0 saturated carbocycles. The van der Waals surface area contributed by atoms with Gasteiger partial charge in [0.05, 0.1) is 74.5 Å². The summed E-state index contributed by atoms with van der Waals surface area (Å²) in [6.07, 6.45) is 1.29. The largest absolute Gasteiger partial charge is 0.491 e. The van der Waals surface area contributed by atoms with Crippen LogP contribution in [-0.2, 0) is 44.7 Å². The lowest BCUT2D eigenvalue weighted by molar-refractivity contribution is -0.144. The molecule has 78 heavy (non-hydrogen) atoms. The number of amides is 4. The average molecular weight is 1120 g/mol. The summed E-state index contributed by atoms with van der Waals surface area (Å²) in [6.45, 7) is 16.8. The number of likely N-dealkylation sites (tertiary alicyclic amines) is 1. The molecule has 21 heteroatoms. The topological polar surface area (TPSA) is 210 Å². The van der Waals surface area contributed by atoms with Crippen LogP contribution in [0.15, 0.2) is 83.3 Å². The summed E-state index contributed by atoms with van der Waals surface area (Å²) in [4.78, 5) is 67.3. The molecular weight excluding hydrogens is 1050 g/mol. The third-order valence-electron chi connectivity index (χ3n) is 13.4. The van der Waals surface area contributed by atoms with Crippen molar-refractivity contribution in [2.24, 2.45) is 10.4 Å². The second-order valence-electron chi connectivity index (χ2n) is 20.2. The molecule has 2 aliphatic rings. The first kappa shape index (κ1) is 57.8. The van der Waals surface area contributed by atoms with Crippen molar-refractivity contribution in [1.29, 1.82) is 0 Å². The standard InChI is InChI=1S/C57H68ClN9O9S2/c1-35-37(3)78-56-49(35)50(40-14-16-42(58)17-15-40)62-45(53-65-64-38(4)67(53)56)31-47(68)61-43-18-20-44(21-19-43)76-30-29-74-26-25-72-23-24-73-27-28-75-33-48(69)63-52(57(5,6)7)55(71)66-22-8-9-46(66)54(70)59-32-39-10-12-41(13-11-39)51-36(2)60-34-77-51/h10-21,34,45-46,52H,8-9,22-33H2,1-7H3,(H,59,70)(H,61,68)(H,63,69)/t45-,46-,52+/m0/s1. The van der Waals surface area contributed by atoms with Gasteiger partial charge in [-0.15, -0.1) is 32.9 Å². The first-order valence-corrected chi connectivity index (χ1v) is 28.2. The van der Waals surface area contributed by atoms with Crippen LogP contribution in [0.4, 0.5) is 5.69 Å². The van der Waals surface area contributed by atoms with E-state index in [0.29, 0.717) is 87.9 Å². The highest BCUT2D eigenvalue weighted by molar-refractivity contribution is 7.15. The molecule has 3 N–H and O–H groups in total. The Kier molecular flexibility index (Phi) is 20.0. The Morgan fingerprint density at radius 2 is 1.45 bits per heavy atom. The van der Waals surface area contributed by atoms with Crippen LogP contribution in [0.3, 0.4) is 0 Å². The number of carbonyl (C=O) groups excluding carboxylic acids is 4. The van der Waals surface area contributed by atoms with Gasteiger partial charge in [0.2, 0.25) is 23.6 Å². The predicted octanol–water partition coefficient (Wildman–Crippen LogP) is 8.54. The number of aliphatic imine (C=N–C) groups is 1. The van der Waals surface area contributed by atoms with E-state index >= 15 is 0 Å². The number of aromatic nitrogens is 4. The van der Waals surface area contributed by atoms with E-state index in [9.17, 15) is 19.2 Å². The van der Waals surface area contributed by atoms with Crippen molar-refractivity contribution >= 4 is 69.3 Å². The quantitative estimate of drug-likeness (QED) is 0.0461. The molecule has 0 spiro atoms. The monoisotopic (exact) mass is 1120 g/mol. The molecule has 2 aliphatic heterocycles. The van der Waals surface area contributed by atoms with Gasteiger partial charge in [0, 0.05) is 39.8 Å². The lowest BCUT2D eigenvalue weighted by atomic mass is 9.85. The summed E-state index contributed by atoms with van der Waals surface area (Å²) >= 11 is 9.51. The minimum atomic E-state index is -0.853. The Hall–Kier alpha value is -6.39. The SMILES string of the molecule is Cc1ncsc1-c1ccc(CNC(=O)[C@@H]2CCCN2C(=O)[C@@H](NC(=O)COCCOCCOCCOCCOc2ccc(NC(=O)C[C@@H]3N=C(c4ccc(Cl)cc4)c4c(sc(C)c4C)-n4c(C)nnc43)cc2)C(C)(C)C)cc1. The Bertz CT molecular complexity index is 3040. The number of nitrogens with one attached hydrogen (secondary N) is 3. The van der Waals surface area contributed by atoms with Crippen molar-refractivity contribution in [1.82, 2.24) is 35.3 Å². The number of carbonyl (C=O) groups is 4. The molecule has 0 aliphatic carbocycles. The summed E-state index contributed by atoms with van der Waals surface area (Å²) in [6, 6.07) is 20.7. The molecule has 414 valence electrons. The number of hydrogen-bond acceptors (Lipinski definition) is 15. The number of halogens is 1. The van der Waals surface area contributed by atoms with Crippen LogP contribution < -0.4 is 20.7 Å². The number of anilines is 1. The lowest BCUT2D eigenvalue weighted by Crippen LogP contribution is -2.58. The van der Waals surface area contributed by atoms with Crippen molar-refractivity contribution in [2.45, 2.75) is 92.4 Å². The van der Waals surface area contributed by atoms with E-state index in [1.807, 2.05) is 93.2 Å². The smallest absolute Gasteiger partial charge is 0.246 e. The van der Waals surface area contributed by atoms with Crippen LogP contribution in [-0.4, -0.2) is 132 Å². The van der Waals surface area contributed by atoms with Crippen molar-refractivity contribution in [3.63, 3.8) is 0 Å². The molecule has 1 saturated heterocycles. The van der Waals surface area contributed by atoms with E-state index in [1.54, 1.807) is 51.8 Å². The van der Waals surface area contributed by atoms with E-state index < -0.39 is 29.4 Å². The second-order valence-corrected chi connectivity index (χ2v) is 22.7. The molecule has 18 nitrogen and oxygen atoms in total. The number of rotatable bonds is 25. The van der Waals surface area contributed by atoms with Gasteiger partial charge in [-0.05, 0) is 99.0 Å². The summed E-state index contributed by atoms with van der Waals surface area (Å²) < 4.78 is 30.3. The zero-order valence-corrected chi connectivity index (χ0v) is 47.6. The van der Waals surface area contributed by atoms with Gasteiger partial charge < -0.3 is 44.5 Å². The van der Waals surface area contributed by atoms with Crippen LogP contribution in [0.1, 0.15) is 90.5 Å². The predicted molar refractivity (Wildman–Crippen MR) is 302 cm³/mol. The van der Waals surface area contributed by atoms with E-state index in [4.69, 9.17) is 40.3 Å². The van der Waals surface area contributed by atoms with Crippen molar-refractivity contribution < 1.29 is 42.9 Å². The molecular formula is C57H68ClN9O9S2. The first-order chi connectivity index (χ1) is 37.5. The molecule has 3 aromatic carbocycles. The highest BCUT2D eigenvalue weighted by Gasteiger charge is 2.42. The maximum Gasteiger partial charge on any atom is 0.246 e. The Morgan fingerprint density at radius 1 is 0.795 bits per heavy atom. The fourth-order valence-electron chi connectivity index (χ4n) is 9.18. The summed E-state index contributed by atoms with van der Waals surface area (Å²) in [5.74, 6) is 0.809. The number of fused-ring (bicyclic) bond motifs is 3. The number of hydrogen-bond donors (Lipinski definition) is 3. The number of thiophene rings is 1. The number of ether oxygens (including phenoxy) is 5. The molecule has 0 bridgehead atoms. The molecule has 1 fully saturated rings. The van der Waals surface area contributed by atoms with Gasteiger partial charge in [0.1, 0.15) is 47.9 Å². The van der Waals surface area contributed by atoms with Gasteiger partial charge in [0.15, 0.2) is 5.82 Å². The zero-order valence-electron chi connectivity index (χ0n) is 45.2. The number of nitrogens with zero attached hydrogens (tertiary/aromatic N) is 6. The van der Waals surface area contributed by atoms with Gasteiger partial charge in [-0.25, -0.2) is 4.98 Å². The van der Waals surface area contributed by atoms with E-state index in [0.717, 1.165) is 54.9 Å². The summed E-state index contributed by atoms with van der Waals surface area (Å²) in [7, 11) is 0. The number of aryl methyl sites for hydroxylation is 3. The molecule has 8 rings (SSSR count). The molecule has 0 unspecified atom stereocenters. The molecule has 4 amide bonds. The maximum absolute atomic E-state index is 13.9. The fourth-order valence-corrected chi connectivity index (χ4v) is 11.3. The summed E-state index contributed by atoms with van der Waals surface area (Å²) in [5, 5.41) is 19.4.